The molecule has 25 heavy (non-hydrogen) atoms. The van der Waals surface area contributed by atoms with E-state index in [9.17, 15) is 4.79 Å². The van der Waals surface area contributed by atoms with Crippen LogP contribution in [0.5, 0.6) is 0 Å². The Labute approximate surface area is 155 Å². The van der Waals surface area contributed by atoms with Crippen molar-refractivity contribution in [2.75, 3.05) is 11.1 Å². The van der Waals surface area contributed by atoms with Crippen LogP contribution < -0.4 is 5.32 Å². The highest BCUT2D eigenvalue weighted by atomic mass is 35.5. The first-order chi connectivity index (χ1) is 12.1. The molecular weight excluding hydrogens is 354 g/mol. The fourth-order valence-electron chi connectivity index (χ4n) is 2.23. The average molecular weight is 370 g/mol. The van der Waals surface area contributed by atoms with Crippen LogP contribution in [0.25, 0.3) is 11.3 Å². The summed E-state index contributed by atoms with van der Waals surface area (Å²) in [5.74, 6) is 0.210. The molecule has 0 aliphatic rings. The van der Waals surface area contributed by atoms with Crippen molar-refractivity contribution >= 4 is 35.0 Å². The van der Waals surface area contributed by atoms with Gasteiger partial charge in [0, 0.05) is 16.3 Å². The number of aryl methyl sites for hydroxylation is 1. The van der Waals surface area contributed by atoms with Crippen molar-refractivity contribution < 1.29 is 4.79 Å². The smallest absolute Gasteiger partial charge is 0.234 e. The lowest BCUT2D eigenvalue weighted by molar-refractivity contribution is -0.113. The topological polar surface area (TPSA) is 54.9 Å². The van der Waals surface area contributed by atoms with Crippen LogP contribution in [0.15, 0.2) is 65.7 Å². The molecule has 2 aromatic carbocycles. The van der Waals surface area contributed by atoms with Crippen molar-refractivity contribution in [3.05, 3.63) is 71.2 Å². The molecule has 0 bridgehead atoms. The molecule has 1 aromatic heterocycles. The molecule has 1 heterocycles. The van der Waals surface area contributed by atoms with E-state index in [1.54, 1.807) is 0 Å². The molecule has 4 nitrogen and oxygen atoms in total. The van der Waals surface area contributed by atoms with Crippen molar-refractivity contribution in [3.8, 4) is 11.3 Å². The number of anilines is 1. The van der Waals surface area contributed by atoms with Gasteiger partial charge in [-0.1, -0.05) is 47.6 Å². The Balaban J connectivity index is 1.56. The lowest BCUT2D eigenvalue weighted by Crippen LogP contribution is -2.14. The Morgan fingerprint density at radius 3 is 2.56 bits per heavy atom. The number of hydrogen-bond acceptors (Lipinski definition) is 4. The van der Waals surface area contributed by atoms with Crippen LogP contribution in [0, 0.1) is 6.92 Å². The predicted octanol–water partition coefficient (Wildman–Crippen LogP) is 4.84. The highest BCUT2D eigenvalue weighted by molar-refractivity contribution is 7.99. The second kappa shape index (κ2) is 8.14. The monoisotopic (exact) mass is 369 g/mol. The lowest BCUT2D eigenvalue weighted by Gasteiger charge is -2.06. The van der Waals surface area contributed by atoms with E-state index in [1.165, 1.54) is 11.8 Å². The van der Waals surface area contributed by atoms with Crippen LogP contribution in [0.3, 0.4) is 0 Å². The molecule has 0 atom stereocenters. The summed E-state index contributed by atoms with van der Waals surface area (Å²) in [5, 5.41) is 12.6. The van der Waals surface area contributed by atoms with E-state index in [1.807, 2.05) is 67.6 Å². The SMILES string of the molecule is Cc1cccc(NC(=O)CSc2ccc(-c3ccc(Cl)cc3)nn2)c1. The van der Waals surface area contributed by atoms with Gasteiger partial charge in [-0.05, 0) is 48.9 Å². The Kier molecular flexibility index (Phi) is 5.68. The van der Waals surface area contributed by atoms with Crippen molar-refractivity contribution in [2.24, 2.45) is 0 Å². The van der Waals surface area contributed by atoms with Gasteiger partial charge in [-0.2, -0.15) is 0 Å². The number of carbonyl (C=O) groups excluding carboxylic acids is 1. The zero-order valence-corrected chi connectivity index (χ0v) is 15.1. The highest BCUT2D eigenvalue weighted by Crippen LogP contribution is 2.21. The normalized spacial score (nSPS) is 10.5. The van der Waals surface area contributed by atoms with Gasteiger partial charge < -0.3 is 5.32 Å². The van der Waals surface area contributed by atoms with Crippen LogP contribution >= 0.6 is 23.4 Å². The second-order valence-electron chi connectivity index (χ2n) is 5.47. The number of benzene rings is 2. The molecule has 3 rings (SSSR count). The van der Waals surface area contributed by atoms with Crippen LogP contribution in [0.4, 0.5) is 5.69 Å². The predicted molar refractivity (Wildman–Crippen MR) is 103 cm³/mol. The van der Waals surface area contributed by atoms with E-state index in [0.717, 1.165) is 22.5 Å². The summed E-state index contributed by atoms with van der Waals surface area (Å²) in [4.78, 5) is 12.0. The maximum atomic E-state index is 12.0. The first-order valence-corrected chi connectivity index (χ1v) is 9.05. The lowest BCUT2D eigenvalue weighted by atomic mass is 10.1. The fourth-order valence-corrected chi connectivity index (χ4v) is 2.97. The minimum Gasteiger partial charge on any atom is -0.325 e. The third kappa shape index (κ3) is 5.05. The molecule has 0 radical (unpaired) electrons. The first-order valence-electron chi connectivity index (χ1n) is 7.69. The number of hydrogen-bond donors (Lipinski definition) is 1. The minimum atomic E-state index is -0.0702. The third-order valence-electron chi connectivity index (χ3n) is 3.43. The van der Waals surface area contributed by atoms with E-state index >= 15 is 0 Å². The van der Waals surface area contributed by atoms with Crippen LogP contribution in [-0.2, 0) is 4.79 Å². The van der Waals surface area contributed by atoms with Gasteiger partial charge in [0.05, 0.1) is 11.4 Å². The van der Waals surface area contributed by atoms with E-state index in [-0.39, 0.29) is 11.7 Å². The van der Waals surface area contributed by atoms with Gasteiger partial charge >= 0.3 is 0 Å². The number of carbonyl (C=O) groups is 1. The van der Waals surface area contributed by atoms with Gasteiger partial charge in [0.2, 0.25) is 5.91 Å². The molecule has 0 aliphatic heterocycles. The molecule has 1 N–H and O–H groups in total. The quantitative estimate of drug-likeness (QED) is 0.654. The van der Waals surface area contributed by atoms with E-state index in [2.05, 4.69) is 15.5 Å². The Hall–Kier alpha value is -2.37. The number of halogens is 1. The second-order valence-corrected chi connectivity index (χ2v) is 6.90. The number of nitrogens with zero attached hydrogens (tertiary/aromatic N) is 2. The van der Waals surface area contributed by atoms with Crippen molar-refractivity contribution in [1.82, 2.24) is 10.2 Å². The maximum Gasteiger partial charge on any atom is 0.234 e. The number of amides is 1. The molecule has 3 aromatic rings. The molecule has 1 amide bonds. The zero-order valence-electron chi connectivity index (χ0n) is 13.6. The molecular formula is C19H16ClN3OS. The standard InChI is InChI=1S/C19H16ClN3OS/c1-13-3-2-4-16(11-13)21-18(24)12-25-19-10-9-17(22-23-19)14-5-7-15(20)8-6-14/h2-11H,12H2,1H3,(H,21,24). The van der Waals surface area contributed by atoms with Crippen molar-refractivity contribution in [3.63, 3.8) is 0 Å². The van der Waals surface area contributed by atoms with Gasteiger partial charge in [0.15, 0.2) is 0 Å². The maximum absolute atomic E-state index is 12.0. The van der Waals surface area contributed by atoms with Gasteiger partial charge in [-0.15, -0.1) is 10.2 Å². The van der Waals surface area contributed by atoms with Crippen LogP contribution in [-0.4, -0.2) is 21.9 Å². The van der Waals surface area contributed by atoms with Gasteiger partial charge in [0.1, 0.15) is 5.03 Å². The molecule has 6 heteroatoms. The number of aromatic nitrogens is 2. The Bertz CT molecular complexity index is 867. The minimum absolute atomic E-state index is 0.0702. The molecule has 0 unspecified atom stereocenters. The average Bonchev–Trinajstić information content (AvgIpc) is 2.61. The summed E-state index contributed by atoms with van der Waals surface area (Å²) < 4.78 is 0. The zero-order chi connectivity index (χ0) is 17.6. The Morgan fingerprint density at radius 2 is 1.88 bits per heavy atom. The first kappa shape index (κ1) is 17.5. The molecule has 0 saturated carbocycles. The summed E-state index contributed by atoms with van der Waals surface area (Å²) in [5.41, 5.74) is 3.62. The van der Waals surface area contributed by atoms with Crippen molar-refractivity contribution in [2.45, 2.75) is 11.9 Å². The molecule has 0 saturated heterocycles. The summed E-state index contributed by atoms with van der Waals surface area (Å²) in [6.07, 6.45) is 0. The Morgan fingerprint density at radius 1 is 1.08 bits per heavy atom. The number of nitrogens with one attached hydrogen (secondary N) is 1. The molecule has 0 aliphatic carbocycles. The van der Waals surface area contributed by atoms with E-state index < -0.39 is 0 Å². The molecule has 0 spiro atoms. The largest absolute Gasteiger partial charge is 0.325 e. The summed E-state index contributed by atoms with van der Waals surface area (Å²) >= 11 is 7.24. The van der Waals surface area contributed by atoms with Crippen LogP contribution in [0.1, 0.15) is 5.56 Å². The van der Waals surface area contributed by atoms with Gasteiger partial charge in [0.25, 0.3) is 0 Å². The highest BCUT2D eigenvalue weighted by Gasteiger charge is 2.06. The third-order valence-corrected chi connectivity index (χ3v) is 4.61. The van der Waals surface area contributed by atoms with Crippen molar-refractivity contribution in [1.29, 1.82) is 0 Å². The summed E-state index contributed by atoms with van der Waals surface area (Å²) in [6.45, 7) is 1.99. The molecule has 126 valence electrons. The molecule has 0 fully saturated rings. The van der Waals surface area contributed by atoms with Gasteiger partial charge in [-0.25, -0.2) is 0 Å². The fraction of sp³-hybridized carbons (Fsp3) is 0.105. The number of rotatable bonds is 5. The summed E-state index contributed by atoms with van der Waals surface area (Å²) in [7, 11) is 0. The van der Waals surface area contributed by atoms with E-state index in [4.69, 9.17) is 11.6 Å². The van der Waals surface area contributed by atoms with Crippen LogP contribution in [0.2, 0.25) is 5.02 Å². The summed E-state index contributed by atoms with van der Waals surface area (Å²) in [6, 6.07) is 18.9. The van der Waals surface area contributed by atoms with Gasteiger partial charge in [-0.3, -0.25) is 4.79 Å². The van der Waals surface area contributed by atoms with E-state index in [0.29, 0.717) is 10.0 Å². The number of thioether (sulfide) groups is 1.